The van der Waals surface area contributed by atoms with Crippen molar-refractivity contribution in [1.29, 1.82) is 0 Å². The van der Waals surface area contributed by atoms with Gasteiger partial charge in [0, 0.05) is 30.9 Å². The third-order valence-corrected chi connectivity index (χ3v) is 5.47. The predicted molar refractivity (Wildman–Crippen MR) is 79.1 cm³/mol. The molecule has 0 bridgehead atoms. The zero-order valence-corrected chi connectivity index (χ0v) is 13.8. The van der Waals surface area contributed by atoms with Crippen LogP contribution in [-0.2, 0) is 15.3 Å². The van der Waals surface area contributed by atoms with Gasteiger partial charge in [0.25, 0.3) is 0 Å². The Morgan fingerprint density at radius 1 is 0.905 bits per heavy atom. The molecule has 0 heterocycles. The monoisotopic (exact) mass is 320 g/mol. The summed E-state index contributed by atoms with van der Waals surface area (Å²) in [5.41, 5.74) is -0.0280. The van der Waals surface area contributed by atoms with Gasteiger partial charge in [-0.1, -0.05) is 12.8 Å². The molecule has 6 heteroatoms. The van der Waals surface area contributed by atoms with Crippen molar-refractivity contribution in [2.45, 2.75) is 45.6 Å². The molecule has 1 aromatic carbocycles. The number of benzene rings is 1. The van der Waals surface area contributed by atoms with Gasteiger partial charge in [-0.05, 0) is 32.7 Å². The summed E-state index contributed by atoms with van der Waals surface area (Å²) in [6.45, 7) is 5.20. The van der Waals surface area contributed by atoms with Crippen molar-refractivity contribution in [3.05, 3.63) is 35.1 Å². The van der Waals surface area contributed by atoms with Crippen LogP contribution in [0, 0.1) is 17.5 Å². The molecule has 0 saturated carbocycles. The first kappa shape index (κ1) is 18.2. The van der Waals surface area contributed by atoms with E-state index in [4.69, 9.17) is 8.85 Å². The maximum absolute atomic E-state index is 13.4. The minimum atomic E-state index is -1.57. The summed E-state index contributed by atoms with van der Waals surface area (Å²) in [4.78, 5) is 0. The fraction of sp³-hybridized carbons (Fsp3) is 0.600. The highest BCUT2D eigenvalue weighted by molar-refractivity contribution is 6.44. The van der Waals surface area contributed by atoms with E-state index in [-0.39, 0.29) is 12.0 Å². The molecule has 0 fully saturated rings. The molecular weight excluding hydrogens is 297 g/mol. The standard InChI is InChI=1S/C15H23F3O2Si/c1-3-19-21(20-4-2)9-7-5-6-8-13-14(17)10-12(16)11-15(13)18/h10-11,21H,3-9H2,1-2H3. The summed E-state index contributed by atoms with van der Waals surface area (Å²) in [6.07, 6.45) is 2.72. The van der Waals surface area contributed by atoms with Gasteiger partial charge in [-0.25, -0.2) is 13.2 Å². The van der Waals surface area contributed by atoms with Crippen molar-refractivity contribution < 1.29 is 22.0 Å². The molecule has 0 N–H and O–H groups in total. The smallest absolute Gasteiger partial charge is 0.321 e. The van der Waals surface area contributed by atoms with Crippen LogP contribution >= 0.6 is 0 Å². The summed E-state index contributed by atoms with van der Waals surface area (Å²) in [5, 5.41) is 0. The minimum absolute atomic E-state index is 0.0280. The van der Waals surface area contributed by atoms with E-state index < -0.39 is 26.7 Å². The summed E-state index contributed by atoms with van der Waals surface area (Å²) < 4.78 is 50.8. The molecule has 0 atom stereocenters. The Morgan fingerprint density at radius 2 is 1.48 bits per heavy atom. The molecular formula is C15H23F3O2Si. The van der Waals surface area contributed by atoms with E-state index in [1.54, 1.807) is 0 Å². The van der Waals surface area contributed by atoms with E-state index in [1.165, 1.54) is 0 Å². The highest BCUT2D eigenvalue weighted by Gasteiger charge is 2.13. The molecule has 0 radical (unpaired) electrons. The van der Waals surface area contributed by atoms with E-state index >= 15 is 0 Å². The summed E-state index contributed by atoms with van der Waals surface area (Å²) in [6, 6.07) is 2.35. The summed E-state index contributed by atoms with van der Waals surface area (Å²) >= 11 is 0. The van der Waals surface area contributed by atoms with E-state index in [0.717, 1.165) is 31.0 Å². The SMILES string of the molecule is CCO[SiH](CCCCCc1c(F)cc(F)cc1F)OCC. The number of unbranched alkanes of at least 4 members (excludes halogenated alkanes) is 2. The van der Waals surface area contributed by atoms with Gasteiger partial charge in [0.15, 0.2) is 0 Å². The van der Waals surface area contributed by atoms with E-state index in [0.29, 0.717) is 19.6 Å². The molecule has 0 aromatic heterocycles. The molecule has 21 heavy (non-hydrogen) atoms. The van der Waals surface area contributed by atoms with Crippen LogP contribution in [0.15, 0.2) is 12.1 Å². The molecule has 120 valence electrons. The second-order valence-electron chi connectivity index (χ2n) is 4.79. The Balaban J connectivity index is 2.31. The number of rotatable bonds is 10. The fourth-order valence-electron chi connectivity index (χ4n) is 2.19. The maximum Gasteiger partial charge on any atom is 0.321 e. The van der Waals surface area contributed by atoms with E-state index in [2.05, 4.69) is 0 Å². The lowest BCUT2D eigenvalue weighted by atomic mass is 10.1. The van der Waals surface area contributed by atoms with Crippen molar-refractivity contribution in [3.63, 3.8) is 0 Å². The fourth-order valence-corrected chi connectivity index (χ4v) is 3.98. The third kappa shape index (κ3) is 6.63. The molecule has 0 spiro atoms. The van der Waals surface area contributed by atoms with Crippen LogP contribution in [0.5, 0.6) is 0 Å². The Labute approximate surface area is 126 Å². The molecule has 0 saturated heterocycles. The minimum Gasteiger partial charge on any atom is -0.397 e. The molecule has 0 aliphatic rings. The quantitative estimate of drug-likeness (QED) is 0.477. The van der Waals surface area contributed by atoms with Crippen LogP contribution in [0.25, 0.3) is 0 Å². The highest BCUT2D eigenvalue weighted by atomic mass is 28.3. The lowest BCUT2D eigenvalue weighted by Gasteiger charge is -2.14. The summed E-state index contributed by atoms with van der Waals surface area (Å²) in [5.74, 6) is -2.48. The van der Waals surface area contributed by atoms with Gasteiger partial charge >= 0.3 is 9.28 Å². The van der Waals surface area contributed by atoms with Gasteiger partial charge < -0.3 is 8.85 Å². The Bertz CT molecular complexity index is 400. The van der Waals surface area contributed by atoms with Gasteiger partial charge in [0.1, 0.15) is 17.5 Å². The topological polar surface area (TPSA) is 18.5 Å². The first-order valence-electron chi connectivity index (χ1n) is 7.45. The van der Waals surface area contributed by atoms with Gasteiger partial charge in [-0.15, -0.1) is 0 Å². The first-order chi connectivity index (χ1) is 10.1. The van der Waals surface area contributed by atoms with Gasteiger partial charge in [0.05, 0.1) is 0 Å². The summed E-state index contributed by atoms with van der Waals surface area (Å²) in [7, 11) is -1.57. The van der Waals surface area contributed by atoms with Crippen LogP contribution < -0.4 is 0 Å². The average Bonchev–Trinajstić information content (AvgIpc) is 2.41. The molecule has 1 rings (SSSR count). The Morgan fingerprint density at radius 3 is 2.00 bits per heavy atom. The van der Waals surface area contributed by atoms with Gasteiger partial charge in [0.2, 0.25) is 0 Å². The van der Waals surface area contributed by atoms with Crippen LogP contribution in [0.4, 0.5) is 13.2 Å². The second-order valence-corrected chi connectivity index (χ2v) is 6.89. The Kier molecular flexibility index (Phi) is 8.64. The molecule has 0 amide bonds. The van der Waals surface area contributed by atoms with Crippen LogP contribution in [0.2, 0.25) is 6.04 Å². The zero-order valence-electron chi connectivity index (χ0n) is 12.6. The van der Waals surface area contributed by atoms with E-state index in [9.17, 15) is 13.2 Å². The van der Waals surface area contributed by atoms with Crippen molar-refractivity contribution in [3.8, 4) is 0 Å². The molecule has 2 nitrogen and oxygen atoms in total. The van der Waals surface area contributed by atoms with Gasteiger partial charge in [-0.2, -0.15) is 0 Å². The number of hydrogen-bond donors (Lipinski definition) is 0. The lowest BCUT2D eigenvalue weighted by Crippen LogP contribution is -2.22. The Hall–Kier alpha value is -0.853. The molecule has 0 unspecified atom stereocenters. The number of hydrogen-bond acceptors (Lipinski definition) is 2. The van der Waals surface area contributed by atoms with Crippen LogP contribution in [0.3, 0.4) is 0 Å². The van der Waals surface area contributed by atoms with Crippen molar-refractivity contribution >= 4 is 9.28 Å². The van der Waals surface area contributed by atoms with Crippen molar-refractivity contribution in [2.75, 3.05) is 13.2 Å². The van der Waals surface area contributed by atoms with E-state index in [1.807, 2.05) is 13.8 Å². The predicted octanol–water partition coefficient (Wildman–Crippen LogP) is 4.11. The highest BCUT2D eigenvalue weighted by Crippen LogP contribution is 2.18. The average molecular weight is 320 g/mol. The van der Waals surface area contributed by atoms with Gasteiger partial charge in [-0.3, -0.25) is 0 Å². The van der Waals surface area contributed by atoms with Crippen molar-refractivity contribution in [1.82, 2.24) is 0 Å². The molecule has 1 aromatic rings. The largest absolute Gasteiger partial charge is 0.397 e. The zero-order chi connectivity index (χ0) is 15.7. The van der Waals surface area contributed by atoms with Crippen molar-refractivity contribution in [2.24, 2.45) is 0 Å². The normalized spacial score (nSPS) is 11.3. The second kappa shape index (κ2) is 9.97. The molecule has 0 aliphatic heterocycles. The third-order valence-electron chi connectivity index (χ3n) is 3.18. The van der Waals surface area contributed by atoms with Crippen LogP contribution in [0.1, 0.15) is 38.7 Å². The molecule has 0 aliphatic carbocycles. The number of halogens is 3. The maximum atomic E-state index is 13.4. The lowest BCUT2D eigenvalue weighted by molar-refractivity contribution is 0.212. The first-order valence-corrected chi connectivity index (χ1v) is 9.21. The van der Waals surface area contributed by atoms with Crippen LogP contribution in [-0.4, -0.2) is 22.5 Å².